The minimum absolute atomic E-state index is 0.0969. The van der Waals surface area contributed by atoms with Crippen molar-refractivity contribution in [2.45, 2.75) is 19.5 Å². The van der Waals surface area contributed by atoms with E-state index in [4.69, 9.17) is 0 Å². The van der Waals surface area contributed by atoms with Crippen LogP contribution in [0, 0.1) is 0 Å². The highest BCUT2D eigenvalue weighted by molar-refractivity contribution is 9.10. The molecule has 0 aromatic heterocycles. The van der Waals surface area contributed by atoms with E-state index >= 15 is 0 Å². The molecule has 3 nitrogen and oxygen atoms in total. The average Bonchev–Trinajstić information content (AvgIpc) is 2.70. The van der Waals surface area contributed by atoms with Crippen LogP contribution < -0.4 is 5.32 Å². The Balaban J connectivity index is 1.39. The van der Waals surface area contributed by atoms with Crippen molar-refractivity contribution in [2.24, 2.45) is 0 Å². The van der Waals surface area contributed by atoms with Gasteiger partial charge in [-0.25, -0.2) is 0 Å². The normalized spacial score (nSPS) is 13.8. The maximum atomic E-state index is 12.5. The summed E-state index contributed by atoms with van der Waals surface area (Å²) in [5, 5.41) is 2.94. The highest BCUT2D eigenvalue weighted by Crippen LogP contribution is 2.23. The standard InChI is InChI=1S/C23H21BrN2O/c24-21-7-3-4-8-22(21)25-23(27)19-11-9-17(10-12-19)15-26-14-13-18-5-1-2-6-20(18)16-26/h1-12H,13-16H2,(H,25,27). The number of benzene rings is 3. The van der Waals surface area contributed by atoms with Crippen LogP contribution in [-0.4, -0.2) is 17.4 Å². The number of para-hydroxylation sites is 1. The van der Waals surface area contributed by atoms with Crippen LogP contribution in [0.1, 0.15) is 27.0 Å². The number of halogens is 1. The molecule has 27 heavy (non-hydrogen) atoms. The van der Waals surface area contributed by atoms with Crippen molar-refractivity contribution in [1.29, 1.82) is 0 Å². The Bertz CT molecular complexity index is 953. The molecular formula is C23H21BrN2O. The molecule has 1 aliphatic rings. The van der Waals surface area contributed by atoms with E-state index in [1.807, 2.05) is 36.4 Å². The molecule has 0 fully saturated rings. The Morgan fingerprint density at radius 1 is 0.926 bits per heavy atom. The fourth-order valence-corrected chi connectivity index (χ4v) is 3.85. The topological polar surface area (TPSA) is 32.3 Å². The number of carbonyl (C=O) groups excluding carboxylic acids is 1. The summed E-state index contributed by atoms with van der Waals surface area (Å²) in [5.41, 5.74) is 5.56. The summed E-state index contributed by atoms with van der Waals surface area (Å²) in [6.45, 7) is 2.96. The maximum Gasteiger partial charge on any atom is 0.255 e. The number of rotatable bonds is 4. The molecule has 4 heteroatoms. The SMILES string of the molecule is O=C(Nc1ccccc1Br)c1ccc(CN2CCc3ccccc3C2)cc1. The van der Waals surface area contributed by atoms with E-state index in [2.05, 4.69) is 62.5 Å². The second-order valence-electron chi connectivity index (χ2n) is 6.86. The molecule has 0 bridgehead atoms. The van der Waals surface area contributed by atoms with Crippen molar-refractivity contribution in [2.75, 3.05) is 11.9 Å². The third-order valence-corrected chi connectivity index (χ3v) is 5.65. The van der Waals surface area contributed by atoms with E-state index in [1.54, 1.807) is 0 Å². The van der Waals surface area contributed by atoms with E-state index in [0.29, 0.717) is 5.56 Å². The van der Waals surface area contributed by atoms with Gasteiger partial charge in [-0.3, -0.25) is 9.69 Å². The minimum atomic E-state index is -0.0969. The molecule has 1 aliphatic heterocycles. The van der Waals surface area contributed by atoms with Gasteiger partial charge in [-0.2, -0.15) is 0 Å². The molecule has 0 radical (unpaired) electrons. The number of amides is 1. The Kier molecular flexibility index (Phi) is 5.37. The van der Waals surface area contributed by atoms with Gasteiger partial charge in [0.1, 0.15) is 0 Å². The van der Waals surface area contributed by atoms with Gasteiger partial charge < -0.3 is 5.32 Å². The zero-order valence-electron chi connectivity index (χ0n) is 15.0. The summed E-state index contributed by atoms with van der Waals surface area (Å²) in [6.07, 6.45) is 1.10. The highest BCUT2D eigenvalue weighted by Gasteiger charge is 2.16. The van der Waals surface area contributed by atoms with Crippen molar-refractivity contribution in [3.8, 4) is 0 Å². The lowest BCUT2D eigenvalue weighted by molar-refractivity contribution is 0.102. The number of fused-ring (bicyclic) bond motifs is 1. The van der Waals surface area contributed by atoms with Gasteiger partial charge in [-0.05, 0) is 63.3 Å². The molecule has 1 amide bonds. The lowest BCUT2D eigenvalue weighted by Gasteiger charge is -2.28. The Labute approximate surface area is 168 Å². The summed E-state index contributed by atoms with van der Waals surface area (Å²) in [5.74, 6) is -0.0969. The zero-order valence-corrected chi connectivity index (χ0v) is 16.6. The zero-order chi connectivity index (χ0) is 18.6. The van der Waals surface area contributed by atoms with E-state index in [9.17, 15) is 4.79 Å². The molecule has 0 aliphatic carbocycles. The van der Waals surface area contributed by atoms with Crippen molar-refractivity contribution in [1.82, 2.24) is 4.90 Å². The van der Waals surface area contributed by atoms with Crippen LogP contribution in [0.3, 0.4) is 0 Å². The summed E-state index contributed by atoms with van der Waals surface area (Å²) in [4.78, 5) is 14.9. The van der Waals surface area contributed by atoms with Crippen LogP contribution in [0.15, 0.2) is 77.3 Å². The highest BCUT2D eigenvalue weighted by atomic mass is 79.9. The molecular weight excluding hydrogens is 400 g/mol. The number of anilines is 1. The number of nitrogens with zero attached hydrogens (tertiary/aromatic N) is 1. The van der Waals surface area contributed by atoms with Gasteiger partial charge in [0.05, 0.1) is 5.69 Å². The van der Waals surface area contributed by atoms with Gasteiger partial charge in [-0.1, -0.05) is 48.5 Å². The summed E-state index contributed by atoms with van der Waals surface area (Å²) in [7, 11) is 0. The molecule has 136 valence electrons. The van der Waals surface area contributed by atoms with Crippen LogP contribution in [0.25, 0.3) is 0 Å². The first-order valence-electron chi connectivity index (χ1n) is 9.13. The third kappa shape index (κ3) is 4.29. The summed E-state index contributed by atoms with van der Waals surface area (Å²) in [6, 6.07) is 24.2. The second-order valence-corrected chi connectivity index (χ2v) is 7.71. The quantitative estimate of drug-likeness (QED) is 0.624. The van der Waals surface area contributed by atoms with E-state index in [-0.39, 0.29) is 5.91 Å². The van der Waals surface area contributed by atoms with E-state index in [0.717, 1.165) is 36.2 Å². The van der Waals surface area contributed by atoms with Crippen LogP contribution in [0.4, 0.5) is 5.69 Å². The molecule has 4 rings (SSSR count). The van der Waals surface area contributed by atoms with Crippen molar-refractivity contribution in [3.63, 3.8) is 0 Å². The van der Waals surface area contributed by atoms with E-state index < -0.39 is 0 Å². The van der Waals surface area contributed by atoms with Crippen molar-refractivity contribution in [3.05, 3.63) is 99.5 Å². The fraction of sp³-hybridized carbons (Fsp3) is 0.174. The van der Waals surface area contributed by atoms with E-state index in [1.165, 1.54) is 16.7 Å². The molecule has 0 unspecified atom stereocenters. The number of hydrogen-bond donors (Lipinski definition) is 1. The Morgan fingerprint density at radius 2 is 1.63 bits per heavy atom. The maximum absolute atomic E-state index is 12.5. The smallest absolute Gasteiger partial charge is 0.255 e. The molecule has 3 aromatic rings. The van der Waals surface area contributed by atoms with Crippen LogP contribution in [0.5, 0.6) is 0 Å². The average molecular weight is 421 g/mol. The molecule has 1 heterocycles. The molecule has 0 atom stereocenters. The molecule has 0 spiro atoms. The third-order valence-electron chi connectivity index (χ3n) is 4.95. The van der Waals surface area contributed by atoms with Gasteiger partial charge in [0.15, 0.2) is 0 Å². The Hall–Kier alpha value is -2.43. The monoisotopic (exact) mass is 420 g/mol. The minimum Gasteiger partial charge on any atom is -0.321 e. The second kappa shape index (κ2) is 8.07. The number of nitrogens with one attached hydrogen (secondary N) is 1. The first kappa shape index (κ1) is 18.0. The van der Waals surface area contributed by atoms with Crippen molar-refractivity contribution >= 4 is 27.5 Å². The molecule has 0 saturated heterocycles. The Morgan fingerprint density at radius 3 is 2.41 bits per heavy atom. The molecule has 1 N–H and O–H groups in total. The largest absolute Gasteiger partial charge is 0.321 e. The van der Waals surface area contributed by atoms with Gasteiger partial charge in [0.2, 0.25) is 0 Å². The van der Waals surface area contributed by atoms with Crippen LogP contribution in [0.2, 0.25) is 0 Å². The van der Waals surface area contributed by atoms with Crippen LogP contribution in [-0.2, 0) is 19.5 Å². The summed E-state index contributed by atoms with van der Waals surface area (Å²) < 4.78 is 0.875. The molecule has 3 aromatic carbocycles. The predicted molar refractivity (Wildman–Crippen MR) is 113 cm³/mol. The van der Waals surface area contributed by atoms with Gasteiger partial charge in [0.25, 0.3) is 5.91 Å². The first-order valence-corrected chi connectivity index (χ1v) is 9.92. The predicted octanol–water partition coefficient (Wildman–Crippen LogP) is 5.26. The molecule has 0 saturated carbocycles. The van der Waals surface area contributed by atoms with Crippen molar-refractivity contribution < 1.29 is 4.79 Å². The lowest BCUT2D eigenvalue weighted by atomic mass is 9.99. The summed E-state index contributed by atoms with van der Waals surface area (Å²) >= 11 is 3.46. The number of carbonyl (C=O) groups is 1. The van der Waals surface area contributed by atoms with Gasteiger partial charge in [0, 0.05) is 29.7 Å². The van der Waals surface area contributed by atoms with Gasteiger partial charge >= 0.3 is 0 Å². The number of hydrogen-bond acceptors (Lipinski definition) is 2. The fourth-order valence-electron chi connectivity index (χ4n) is 3.47. The van der Waals surface area contributed by atoms with Crippen LogP contribution >= 0.6 is 15.9 Å². The lowest BCUT2D eigenvalue weighted by Crippen LogP contribution is -2.29. The first-order chi connectivity index (χ1) is 13.2. The van der Waals surface area contributed by atoms with Gasteiger partial charge in [-0.15, -0.1) is 0 Å².